The average Bonchev–Trinajstić information content (AvgIpc) is 2.95. The Morgan fingerprint density at radius 3 is 2.68 bits per heavy atom. The molecule has 0 fully saturated rings. The number of nitrogens with zero attached hydrogens (tertiary/aromatic N) is 2. The van der Waals surface area contributed by atoms with Gasteiger partial charge in [-0.3, -0.25) is 9.89 Å². The first-order valence-corrected chi connectivity index (χ1v) is 6.55. The Morgan fingerprint density at radius 1 is 1.26 bits per heavy atom. The highest BCUT2D eigenvalue weighted by Gasteiger charge is 2.08. The van der Waals surface area contributed by atoms with Crippen molar-refractivity contribution >= 4 is 11.6 Å². The average molecular weight is 258 g/mol. The lowest BCUT2D eigenvalue weighted by atomic mass is 10.1. The molecule has 0 unspecified atom stereocenters. The molecule has 0 spiro atoms. The summed E-state index contributed by atoms with van der Waals surface area (Å²) in [5.74, 6) is -0.0664. The summed E-state index contributed by atoms with van der Waals surface area (Å²) in [6.07, 6.45) is 6.09. The number of nitrogens with one attached hydrogen (secondary N) is 2. The van der Waals surface area contributed by atoms with E-state index in [2.05, 4.69) is 27.4 Å². The first-order chi connectivity index (χ1) is 9.29. The molecule has 0 aliphatic heterocycles. The number of rotatable bonds is 6. The van der Waals surface area contributed by atoms with E-state index in [1.54, 1.807) is 0 Å². The predicted molar refractivity (Wildman–Crippen MR) is 74.0 cm³/mol. The van der Waals surface area contributed by atoms with Gasteiger partial charge in [0.25, 0.3) is 5.91 Å². The maximum absolute atomic E-state index is 11.7. The molecular formula is C14H18N4O. The van der Waals surface area contributed by atoms with Crippen molar-refractivity contribution in [2.24, 2.45) is 0 Å². The minimum Gasteiger partial charge on any atom is -0.319 e. The maximum atomic E-state index is 11.7. The third-order valence-corrected chi connectivity index (χ3v) is 2.91. The van der Waals surface area contributed by atoms with Gasteiger partial charge >= 0.3 is 0 Å². The quantitative estimate of drug-likeness (QED) is 0.783. The fourth-order valence-electron chi connectivity index (χ4n) is 1.84. The van der Waals surface area contributed by atoms with Crippen LogP contribution in [0.15, 0.2) is 30.6 Å². The zero-order valence-corrected chi connectivity index (χ0v) is 11.0. The summed E-state index contributed by atoms with van der Waals surface area (Å²) >= 11 is 0. The molecule has 2 rings (SSSR count). The van der Waals surface area contributed by atoms with Gasteiger partial charge in [0.15, 0.2) is 0 Å². The van der Waals surface area contributed by atoms with Gasteiger partial charge in [0.1, 0.15) is 6.33 Å². The smallest absolute Gasteiger partial charge is 0.292 e. The summed E-state index contributed by atoms with van der Waals surface area (Å²) in [5, 5.41) is 8.94. The van der Waals surface area contributed by atoms with Crippen LogP contribution in [-0.4, -0.2) is 21.1 Å². The van der Waals surface area contributed by atoms with Crippen LogP contribution in [0.25, 0.3) is 0 Å². The van der Waals surface area contributed by atoms with Crippen LogP contribution in [-0.2, 0) is 6.42 Å². The Kier molecular flexibility index (Phi) is 4.66. The van der Waals surface area contributed by atoms with Crippen molar-refractivity contribution in [1.82, 2.24) is 15.2 Å². The highest BCUT2D eigenvalue weighted by Crippen LogP contribution is 2.12. The second kappa shape index (κ2) is 6.68. The molecule has 1 aromatic heterocycles. The number of aryl methyl sites for hydroxylation is 1. The fraction of sp³-hybridized carbons (Fsp3) is 0.357. The summed E-state index contributed by atoms with van der Waals surface area (Å²) < 4.78 is 0. The molecule has 100 valence electrons. The molecular weight excluding hydrogens is 240 g/mol. The third kappa shape index (κ3) is 3.91. The predicted octanol–water partition coefficient (Wildman–Crippen LogP) is 2.79. The number of aromatic nitrogens is 3. The Bertz CT molecular complexity index is 505. The number of carbonyl (C=O) groups excluding carboxylic acids is 1. The number of benzene rings is 1. The van der Waals surface area contributed by atoms with Crippen LogP contribution < -0.4 is 5.32 Å². The zero-order valence-electron chi connectivity index (χ0n) is 11.0. The fourth-order valence-corrected chi connectivity index (χ4v) is 1.84. The summed E-state index contributed by atoms with van der Waals surface area (Å²) in [6, 6.07) is 7.92. The number of carbonyl (C=O) groups is 1. The van der Waals surface area contributed by atoms with Gasteiger partial charge in [-0.2, -0.15) is 5.10 Å². The summed E-state index contributed by atoms with van der Waals surface area (Å²) in [5.41, 5.74) is 2.06. The second-order valence-corrected chi connectivity index (χ2v) is 4.44. The van der Waals surface area contributed by atoms with Gasteiger partial charge in [-0.05, 0) is 30.5 Å². The van der Waals surface area contributed by atoms with E-state index in [1.807, 2.05) is 24.3 Å². The minimum absolute atomic E-state index is 0.215. The Labute approximate surface area is 112 Å². The summed E-state index contributed by atoms with van der Waals surface area (Å²) in [6.45, 7) is 2.20. The molecule has 5 heteroatoms. The maximum Gasteiger partial charge on any atom is 0.292 e. The van der Waals surface area contributed by atoms with Crippen LogP contribution in [0.4, 0.5) is 5.69 Å². The van der Waals surface area contributed by atoms with Gasteiger partial charge in [0.05, 0.1) is 0 Å². The molecule has 19 heavy (non-hydrogen) atoms. The Balaban J connectivity index is 1.90. The van der Waals surface area contributed by atoms with Crippen LogP contribution in [0.3, 0.4) is 0 Å². The number of hydrogen-bond acceptors (Lipinski definition) is 3. The molecule has 2 aromatic rings. The first kappa shape index (κ1) is 13.3. The molecule has 0 bridgehead atoms. The minimum atomic E-state index is -0.281. The molecule has 1 heterocycles. The largest absolute Gasteiger partial charge is 0.319 e. The van der Waals surface area contributed by atoms with E-state index in [-0.39, 0.29) is 11.7 Å². The number of H-pyrrole nitrogens is 1. The van der Waals surface area contributed by atoms with Crippen LogP contribution in [0.5, 0.6) is 0 Å². The van der Waals surface area contributed by atoms with E-state index in [0.717, 1.165) is 12.1 Å². The molecule has 0 aliphatic rings. The van der Waals surface area contributed by atoms with Crippen LogP contribution in [0.1, 0.15) is 42.4 Å². The number of hydrogen-bond donors (Lipinski definition) is 2. The van der Waals surface area contributed by atoms with Gasteiger partial charge in [0.2, 0.25) is 5.82 Å². The number of amides is 1. The first-order valence-electron chi connectivity index (χ1n) is 6.55. The number of anilines is 1. The molecule has 1 amide bonds. The third-order valence-electron chi connectivity index (χ3n) is 2.91. The van der Waals surface area contributed by atoms with Gasteiger partial charge in [0, 0.05) is 5.69 Å². The van der Waals surface area contributed by atoms with E-state index >= 15 is 0 Å². The summed E-state index contributed by atoms with van der Waals surface area (Å²) in [4.78, 5) is 15.5. The van der Waals surface area contributed by atoms with Crippen molar-refractivity contribution < 1.29 is 4.79 Å². The number of unbranched alkanes of at least 4 members (excludes halogenated alkanes) is 2. The van der Waals surface area contributed by atoms with Crippen molar-refractivity contribution in [3.63, 3.8) is 0 Å². The monoisotopic (exact) mass is 258 g/mol. The van der Waals surface area contributed by atoms with E-state index in [9.17, 15) is 4.79 Å². The lowest BCUT2D eigenvalue weighted by Gasteiger charge is -2.05. The van der Waals surface area contributed by atoms with Gasteiger partial charge in [-0.25, -0.2) is 4.98 Å². The molecule has 0 aliphatic carbocycles. The van der Waals surface area contributed by atoms with Gasteiger partial charge < -0.3 is 5.32 Å². The van der Waals surface area contributed by atoms with Crippen LogP contribution in [0, 0.1) is 0 Å². The number of aromatic amines is 1. The lowest BCUT2D eigenvalue weighted by molar-refractivity contribution is 0.101. The van der Waals surface area contributed by atoms with Gasteiger partial charge in [-0.1, -0.05) is 31.9 Å². The van der Waals surface area contributed by atoms with E-state index in [0.29, 0.717) is 0 Å². The highest BCUT2D eigenvalue weighted by atomic mass is 16.2. The van der Waals surface area contributed by atoms with Crippen molar-refractivity contribution in [2.45, 2.75) is 32.6 Å². The van der Waals surface area contributed by atoms with Crippen molar-refractivity contribution in [1.29, 1.82) is 0 Å². The standard InChI is InChI=1S/C14H18N4O/c1-2-3-4-5-11-6-8-12(9-7-11)17-14(19)13-15-10-16-18-13/h6-10H,2-5H2,1H3,(H,17,19)(H,15,16,18). The Morgan fingerprint density at radius 2 is 2.05 bits per heavy atom. The second-order valence-electron chi connectivity index (χ2n) is 4.44. The molecule has 1 aromatic carbocycles. The van der Waals surface area contributed by atoms with E-state index < -0.39 is 0 Å². The van der Waals surface area contributed by atoms with Crippen molar-refractivity contribution in [2.75, 3.05) is 5.32 Å². The molecule has 0 atom stereocenters. The summed E-state index contributed by atoms with van der Waals surface area (Å²) in [7, 11) is 0. The van der Waals surface area contributed by atoms with Crippen LogP contribution >= 0.6 is 0 Å². The highest BCUT2D eigenvalue weighted by molar-refractivity contribution is 6.01. The van der Waals surface area contributed by atoms with Crippen molar-refractivity contribution in [3.05, 3.63) is 42.0 Å². The van der Waals surface area contributed by atoms with Gasteiger partial charge in [-0.15, -0.1) is 0 Å². The molecule has 0 saturated heterocycles. The molecule has 0 radical (unpaired) electrons. The Hall–Kier alpha value is -2.17. The SMILES string of the molecule is CCCCCc1ccc(NC(=O)c2ncn[nH]2)cc1. The zero-order chi connectivity index (χ0) is 13.5. The molecule has 2 N–H and O–H groups in total. The lowest BCUT2D eigenvalue weighted by Crippen LogP contribution is -2.13. The van der Waals surface area contributed by atoms with Crippen LogP contribution in [0.2, 0.25) is 0 Å². The topological polar surface area (TPSA) is 70.7 Å². The molecule has 5 nitrogen and oxygen atoms in total. The molecule has 0 saturated carbocycles. The van der Waals surface area contributed by atoms with E-state index in [1.165, 1.54) is 31.2 Å². The van der Waals surface area contributed by atoms with Crippen molar-refractivity contribution in [3.8, 4) is 0 Å². The van der Waals surface area contributed by atoms with E-state index in [4.69, 9.17) is 0 Å². The normalized spacial score (nSPS) is 10.4.